The van der Waals surface area contributed by atoms with E-state index in [9.17, 15) is 0 Å². The Morgan fingerprint density at radius 1 is 1.22 bits per heavy atom. The van der Waals surface area contributed by atoms with E-state index in [0.29, 0.717) is 0 Å². The van der Waals surface area contributed by atoms with Gasteiger partial charge in [0.1, 0.15) is 0 Å². The molecule has 0 radical (unpaired) electrons. The summed E-state index contributed by atoms with van der Waals surface area (Å²) in [6, 6.07) is 0. The lowest BCUT2D eigenvalue weighted by Crippen LogP contribution is -3.09. The molecule has 1 rings (SSSR count). The minimum atomic E-state index is 1.36. The highest BCUT2D eigenvalue weighted by Crippen LogP contribution is 1.88. The van der Waals surface area contributed by atoms with Crippen molar-refractivity contribution in [1.29, 1.82) is 0 Å². The van der Waals surface area contributed by atoms with Gasteiger partial charge in [-0.1, -0.05) is 13.3 Å². The van der Waals surface area contributed by atoms with E-state index in [1.165, 1.54) is 45.3 Å². The number of nitrogens with one attached hydrogen (secondary N) is 1. The van der Waals surface area contributed by atoms with Crippen LogP contribution in [0.5, 0.6) is 0 Å². The minimum absolute atomic E-state index is 1.36. The number of hydrogen-bond acceptors (Lipinski definition) is 0. The highest BCUT2D eigenvalue weighted by atomic mass is 15.1. The molecule has 0 aliphatic carbocycles. The van der Waals surface area contributed by atoms with Gasteiger partial charge in [0, 0.05) is 12.8 Å². The molecule has 1 saturated heterocycles. The van der Waals surface area contributed by atoms with Crippen LogP contribution in [0.15, 0.2) is 0 Å². The van der Waals surface area contributed by atoms with Crippen molar-refractivity contribution in [3.05, 3.63) is 0 Å². The summed E-state index contributed by atoms with van der Waals surface area (Å²) in [6.45, 7) is 6.59. The van der Waals surface area contributed by atoms with E-state index in [1.807, 2.05) is 4.90 Å². The summed E-state index contributed by atoms with van der Waals surface area (Å²) >= 11 is 0. The van der Waals surface area contributed by atoms with Gasteiger partial charge in [-0.3, -0.25) is 0 Å². The predicted octanol–water partition coefficient (Wildman–Crippen LogP) is 0.465. The van der Waals surface area contributed by atoms with E-state index in [-0.39, 0.29) is 0 Å². The van der Waals surface area contributed by atoms with Crippen molar-refractivity contribution >= 4 is 0 Å². The van der Waals surface area contributed by atoms with E-state index in [4.69, 9.17) is 0 Å². The summed E-state index contributed by atoms with van der Waals surface area (Å²) in [4.78, 5) is 1.84. The molecule has 0 saturated carbocycles. The lowest BCUT2D eigenvalue weighted by atomic mass is 10.3. The second kappa shape index (κ2) is 3.89. The highest BCUT2D eigenvalue weighted by molar-refractivity contribution is 4.44. The summed E-state index contributed by atoms with van der Waals surface area (Å²) in [5, 5.41) is 0. The van der Waals surface area contributed by atoms with Crippen molar-refractivity contribution in [2.24, 2.45) is 0 Å². The van der Waals surface area contributed by atoms with Gasteiger partial charge >= 0.3 is 0 Å². The zero-order chi connectivity index (χ0) is 6.53. The summed E-state index contributed by atoms with van der Waals surface area (Å²) in [5.74, 6) is 0. The lowest BCUT2D eigenvalue weighted by Gasteiger charge is -2.09. The minimum Gasteiger partial charge on any atom is -0.335 e. The second-order valence-electron chi connectivity index (χ2n) is 3.06. The first-order chi connectivity index (χ1) is 4.43. The molecule has 0 aromatic rings. The van der Waals surface area contributed by atoms with E-state index in [2.05, 4.69) is 6.92 Å². The predicted molar refractivity (Wildman–Crippen MR) is 39.7 cm³/mol. The van der Waals surface area contributed by atoms with E-state index in [1.54, 1.807) is 0 Å². The molecule has 1 aliphatic rings. The fraction of sp³-hybridized carbons (Fsp3) is 1.00. The normalized spacial score (nSPS) is 21.0. The topological polar surface area (TPSA) is 4.44 Å². The molecule has 1 N–H and O–H groups in total. The molecule has 1 aliphatic heterocycles. The van der Waals surface area contributed by atoms with Crippen LogP contribution in [0.3, 0.4) is 0 Å². The monoisotopic (exact) mass is 128 g/mol. The summed E-state index contributed by atoms with van der Waals surface area (Å²) in [7, 11) is 0. The van der Waals surface area contributed by atoms with Crippen LogP contribution in [-0.2, 0) is 0 Å². The second-order valence-corrected chi connectivity index (χ2v) is 3.06. The number of hydrogen-bond donors (Lipinski definition) is 1. The van der Waals surface area contributed by atoms with Crippen molar-refractivity contribution in [3.8, 4) is 0 Å². The maximum Gasteiger partial charge on any atom is 0.0773 e. The third-order valence-electron chi connectivity index (χ3n) is 2.19. The highest BCUT2D eigenvalue weighted by Gasteiger charge is 2.13. The molecule has 1 heteroatoms. The van der Waals surface area contributed by atoms with Crippen LogP contribution >= 0.6 is 0 Å². The number of likely N-dealkylation sites (tertiary alicyclic amines) is 1. The van der Waals surface area contributed by atoms with Gasteiger partial charge in [-0.2, -0.15) is 0 Å². The smallest absolute Gasteiger partial charge is 0.0773 e. The van der Waals surface area contributed by atoms with Gasteiger partial charge < -0.3 is 4.90 Å². The molecule has 9 heavy (non-hydrogen) atoms. The number of quaternary nitrogens is 1. The van der Waals surface area contributed by atoms with Crippen LogP contribution in [-0.4, -0.2) is 19.6 Å². The molecule has 1 fully saturated rings. The lowest BCUT2D eigenvalue weighted by molar-refractivity contribution is -0.887. The molecule has 1 heterocycles. The number of rotatable bonds is 3. The Hall–Kier alpha value is -0.0400. The summed E-state index contributed by atoms with van der Waals surface area (Å²) in [6.07, 6.45) is 5.73. The van der Waals surface area contributed by atoms with Gasteiger partial charge in [0.15, 0.2) is 0 Å². The Morgan fingerprint density at radius 3 is 2.44 bits per heavy atom. The number of unbranched alkanes of at least 4 members (excludes halogenated alkanes) is 1. The van der Waals surface area contributed by atoms with Crippen LogP contribution in [0.25, 0.3) is 0 Å². The average molecular weight is 128 g/mol. The van der Waals surface area contributed by atoms with Crippen LogP contribution in [0.2, 0.25) is 0 Å². The first-order valence-electron chi connectivity index (χ1n) is 4.27. The van der Waals surface area contributed by atoms with Crippen molar-refractivity contribution in [3.63, 3.8) is 0 Å². The summed E-state index contributed by atoms with van der Waals surface area (Å²) in [5.41, 5.74) is 0. The van der Waals surface area contributed by atoms with Crippen molar-refractivity contribution in [1.82, 2.24) is 0 Å². The van der Waals surface area contributed by atoms with Crippen molar-refractivity contribution in [2.45, 2.75) is 32.6 Å². The van der Waals surface area contributed by atoms with Gasteiger partial charge in [0.2, 0.25) is 0 Å². The van der Waals surface area contributed by atoms with Gasteiger partial charge in [0.25, 0.3) is 0 Å². The maximum absolute atomic E-state index is 2.27. The Morgan fingerprint density at radius 2 is 1.89 bits per heavy atom. The largest absolute Gasteiger partial charge is 0.335 e. The molecule has 54 valence electrons. The molecule has 1 nitrogen and oxygen atoms in total. The standard InChI is InChI=1S/C8H17N/c1-2-3-6-9-7-4-5-8-9/h2-8H2,1H3/p+1. The van der Waals surface area contributed by atoms with E-state index < -0.39 is 0 Å². The summed E-state index contributed by atoms with van der Waals surface area (Å²) < 4.78 is 0. The van der Waals surface area contributed by atoms with Crippen molar-refractivity contribution in [2.75, 3.05) is 19.6 Å². The fourth-order valence-electron chi connectivity index (χ4n) is 1.55. The third kappa shape index (κ3) is 2.35. The molecule has 0 aromatic carbocycles. The first kappa shape index (κ1) is 7.07. The molecule has 0 amide bonds. The van der Waals surface area contributed by atoms with Crippen LogP contribution < -0.4 is 4.90 Å². The zero-order valence-corrected chi connectivity index (χ0v) is 6.45. The Bertz CT molecular complexity index is 65.0. The molecular weight excluding hydrogens is 110 g/mol. The first-order valence-corrected chi connectivity index (χ1v) is 4.27. The fourth-order valence-corrected chi connectivity index (χ4v) is 1.55. The zero-order valence-electron chi connectivity index (χ0n) is 6.45. The Balaban J connectivity index is 1.98. The van der Waals surface area contributed by atoms with Crippen molar-refractivity contribution < 1.29 is 4.90 Å². The third-order valence-corrected chi connectivity index (χ3v) is 2.19. The molecular formula is C8H18N+. The van der Waals surface area contributed by atoms with Crippen LogP contribution in [0.1, 0.15) is 32.6 Å². The Labute approximate surface area is 58.0 Å². The maximum atomic E-state index is 2.27. The quantitative estimate of drug-likeness (QED) is 0.563. The average Bonchev–Trinajstić information content (AvgIpc) is 2.34. The van der Waals surface area contributed by atoms with Gasteiger partial charge in [-0.15, -0.1) is 0 Å². The molecule has 0 atom stereocenters. The van der Waals surface area contributed by atoms with Crippen LogP contribution in [0.4, 0.5) is 0 Å². The van der Waals surface area contributed by atoms with Gasteiger partial charge in [-0.05, 0) is 6.42 Å². The molecule has 0 unspecified atom stereocenters. The molecule has 0 spiro atoms. The molecule has 0 aromatic heterocycles. The van der Waals surface area contributed by atoms with E-state index >= 15 is 0 Å². The van der Waals surface area contributed by atoms with Crippen LogP contribution in [0, 0.1) is 0 Å². The van der Waals surface area contributed by atoms with Gasteiger partial charge in [-0.25, -0.2) is 0 Å². The Kier molecular flexibility index (Phi) is 3.05. The van der Waals surface area contributed by atoms with Gasteiger partial charge in [0.05, 0.1) is 19.6 Å². The SMILES string of the molecule is CCCC[NH+]1CCCC1. The molecule has 0 bridgehead atoms. The van der Waals surface area contributed by atoms with E-state index in [0.717, 1.165) is 0 Å².